The van der Waals surface area contributed by atoms with Crippen molar-refractivity contribution in [1.29, 1.82) is 0 Å². The normalized spacial score (nSPS) is 15.9. The minimum atomic E-state index is -3.19. The number of nitrogens with one attached hydrogen (secondary N) is 1. The summed E-state index contributed by atoms with van der Waals surface area (Å²) in [5.74, 6) is 1.99. The molecule has 0 atom stereocenters. The molecule has 1 aliphatic heterocycles. The summed E-state index contributed by atoms with van der Waals surface area (Å²) < 4.78 is 44.0. The predicted octanol–water partition coefficient (Wildman–Crippen LogP) is 4.73. The first-order valence-electron chi connectivity index (χ1n) is 13.9. The summed E-state index contributed by atoms with van der Waals surface area (Å²) in [6.45, 7) is 4.82. The number of nitrogens with zero attached hydrogens (tertiary/aromatic N) is 2. The Hall–Kier alpha value is -2.98. The predicted molar refractivity (Wildman–Crippen MR) is 152 cm³/mol. The van der Waals surface area contributed by atoms with Gasteiger partial charge in [0.15, 0.2) is 11.5 Å². The number of amides is 2. The molecule has 0 unspecified atom stereocenters. The summed E-state index contributed by atoms with van der Waals surface area (Å²) in [5, 5.41) is -0.223. The van der Waals surface area contributed by atoms with Crippen molar-refractivity contribution in [3.05, 3.63) is 47.5 Å². The molecule has 0 bridgehead atoms. The van der Waals surface area contributed by atoms with Gasteiger partial charge in [-0.15, -0.1) is 0 Å². The third-order valence-electron chi connectivity index (χ3n) is 7.17. The molecule has 10 heteroatoms. The van der Waals surface area contributed by atoms with Crippen LogP contribution in [0.1, 0.15) is 56.6 Å². The van der Waals surface area contributed by atoms with Crippen molar-refractivity contribution < 1.29 is 27.4 Å². The molecule has 1 saturated heterocycles. The van der Waals surface area contributed by atoms with E-state index >= 15 is 0 Å². The SMILES string of the molecule is CCCCCOc1cc(N2CCCN(Cc3ccc(CCNS(=O)(=O)C4CC4)cc3OC)C2=O)ccc1OC. The van der Waals surface area contributed by atoms with Crippen LogP contribution < -0.4 is 23.8 Å². The van der Waals surface area contributed by atoms with E-state index in [0.717, 1.165) is 55.3 Å². The number of carbonyl (C=O) groups excluding carboxylic acids is 1. The number of anilines is 1. The van der Waals surface area contributed by atoms with Crippen molar-refractivity contribution in [2.45, 2.75) is 63.7 Å². The van der Waals surface area contributed by atoms with Crippen LogP contribution in [0.3, 0.4) is 0 Å². The van der Waals surface area contributed by atoms with Gasteiger partial charge in [-0.25, -0.2) is 17.9 Å². The molecule has 2 amide bonds. The van der Waals surface area contributed by atoms with E-state index in [1.165, 1.54) is 0 Å². The third kappa shape index (κ3) is 7.57. The van der Waals surface area contributed by atoms with E-state index in [-0.39, 0.29) is 11.3 Å². The minimum absolute atomic E-state index is 0.0658. The van der Waals surface area contributed by atoms with Crippen molar-refractivity contribution in [3.63, 3.8) is 0 Å². The zero-order chi connectivity index (χ0) is 27.8. The van der Waals surface area contributed by atoms with Gasteiger partial charge >= 0.3 is 6.03 Å². The molecule has 39 heavy (non-hydrogen) atoms. The van der Waals surface area contributed by atoms with Crippen molar-refractivity contribution in [2.24, 2.45) is 0 Å². The number of unbranched alkanes of at least 4 members (excludes halogenated alkanes) is 2. The van der Waals surface area contributed by atoms with Gasteiger partial charge in [-0.1, -0.05) is 31.9 Å². The molecule has 0 radical (unpaired) electrons. The number of sulfonamides is 1. The van der Waals surface area contributed by atoms with Gasteiger partial charge in [-0.3, -0.25) is 4.90 Å². The summed E-state index contributed by atoms with van der Waals surface area (Å²) >= 11 is 0. The lowest BCUT2D eigenvalue weighted by atomic mass is 10.1. The zero-order valence-corrected chi connectivity index (χ0v) is 24.1. The first-order valence-corrected chi connectivity index (χ1v) is 15.4. The van der Waals surface area contributed by atoms with E-state index in [9.17, 15) is 13.2 Å². The van der Waals surface area contributed by atoms with Crippen LogP contribution >= 0.6 is 0 Å². The summed E-state index contributed by atoms with van der Waals surface area (Å²) in [4.78, 5) is 17.1. The largest absolute Gasteiger partial charge is 0.496 e. The maximum absolute atomic E-state index is 13.5. The highest BCUT2D eigenvalue weighted by molar-refractivity contribution is 7.90. The average molecular weight is 560 g/mol. The Morgan fingerprint density at radius 1 is 0.974 bits per heavy atom. The Balaban J connectivity index is 1.40. The van der Waals surface area contributed by atoms with E-state index in [0.29, 0.717) is 56.5 Å². The van der Waals surface area contributed by atoms with Crippen LogP contribution in [0.5, 0.6) is 17.2 Å². The number of ether oxygens (including phenoxy) is 3. The standard InChI is InChI=1S/C29H41N3O6S/c1-4-5-6-18-38-28-20-24(10-13-26(28)36-2)32-17-7-16-31(29(32)33)21-23-9-8-22(19-27(23)37-3)14-15-30-39(34,35)25-11-12-25/h8-10,13,19-20,25,30H,4-7,11-12,14-18,21H2,1-3H3. The fourth-order valence-corrected chi connectivity index (χ4v) is 6.14. The number of hydrogen-bond acceptors (Lipinski definition) is 6. The number of carbonyl (C=O) groups is 1. The average Bonchev–Trinajstić information content (AvgIpc) is 3.79. The molecule has 2 fully saturated rings. The quantitative estimate of drug-likeness (QED) is 0.317. The van der Waals surface area contributed by atoms with Crippen molar-refractivity contribution in [1.82, 2.24) is 9.62 Å². The van der Waals surface area contributed by atoms with E-state index in [1.807, 2.05) is 41.3 Å². The zero-order valence-electron chi connectivity index (χ0n) is 23.3. The topological polar surface area (TPSA) is 97.4 Å². The molecular formula is C29H41N3O6S. The smallest absolute Gasteiger partial charge is 0.324 e. The molecular weight excluding hydrogens is 518 g/mol. The van der Waals surface area contributed by atoms with Crippen LogP contribution in [-0.2, 0) is 23.0 Å². The molecule has 9 nitrogen and oxygen atoms in total. The first kappa shape index (κ1) is 29.0. The van der Waals surface area contributed by atoms with Crippen molar-refractivity contribution in [2.75, 3.05) is 45.4 Å². The Kier molecular flexibility index (Phi) is 9.96. The maximum atomic E-state index is 13.5. The fraction of sp³-hybridized carbons (Fsp3) is 0.552. The lowest BCUT2D eigenvalue weighted by Crippen LogP contribution is -2.49. The number of methoxy groups -OCH3 is 2. The second-order valence-corrected chi connectivity index (χ2v) is 12.2. The first-order chi connectivity index (χ1) is 18.9. The van der Waals surface area contributed by atoms with Crippen molar-refractivity contribution in [3.8, 4) is 17.2 Å². The van der Waals surface area contributed by atoms with Crippen LogP contribution in [0.4, 0.5) is 10.5 Å². The summed E-state index contributed by atoms with van der Waals surface area (Å²) in [5.41, 5.74) is 2.67. The van der Waals surface area contributed by atoms with Crippen molar-refractivity contribution >= 4 is 21.7 Å². The second-order valence-electron chi connectivity index (χ2n) is 10.1. The van der Waals surface area contributed by atoms with Gasteiger partial charge in [-0.05, 0) is 55.9 Å². The van der Waals surface area contributed by atoms with Crippen LogP contribution in [0.25, 0.3) is 0 Å². The molecule has 2 aromatic rings. The van der Waals surface area contributed by atoms with E-state index in [4.69, 9.17) is 14.2 Å². The molecule has 1 saturated carbocycles. The number of rotatable bonds is 15. The van der Waals surface area contributed by atoms with Gasteiger partial charge in [0.1, 0.15) is 5.75 Å². The molecule has 1 heterocycles. The Bertz CT molecular complexity index is 1230. The van der Waals surface area contributed by atoms with Crippen LogP contribution in [0.15, 0.2) is 36.4 Å². The van der Waals surface area contributed by atoms with Crippen LogP contribution in [0.2, 0.25) is 0 Å². The molecule has 1 N–H and O–H groups in total. The Labute approximate surface area is 232 Å². The van der Waals surface area contributed by atoms with Gasteiger partial charge in [0.25, 0.3) is 0 Å². The molecule has 0 aromatic heterocycles. The highest BCUT2D eigenvalue weighted by atomic mass is 32.2. The summed E-state index contributed by atoms with van der Waals surface area (Å²) in [6.07, 6.45) is 6.09. The van der Waals surface area contributed by atoms with Gasteiger partial charge < -0.3 is 19.1 Å². The van der Waals surface area contributed by atoms with Gasteiger partial charge in [0.05, 0.1) is 32.6 Å². The highest BCUT2D eigenvalue weighted by Gasteiger charge is 2.35. The lowest BCUT2D eigenvalue weighted by molar-refractivity contribution is 0.191. The fourth-order valence-electron chi connectivity index (χ4n) is 4.76. The van der Waals surface area contributed by atoms with E-state index in [2.05, 4.69) is 11.6 Å². The summed E-state index contributed by atoms with van der Waals surface area (Å²) in [7, 11) is 0.0377. The highest BCUT2D eigenvalue weighted by Crippen LogP contribution is 2.34. The molecule has 2 aliphatic rings. The van der Waals surface area contributed by atoms with E-state index < -0.39 is 10.0 Å². The van der Waals surface area contributed by atoms with Gasteiger partial charge in [0.2, 0.25) is 10.0 Å². The van der Waals surface area contributed by atoms with Crippen LogP contribution in [-0.4, -0.2) is 65.1 Å². The Morgan fingerprint density at radius 3 is 2.49 bits per heavy atom. The Morgan fingerprint density at radius 2 is 1.77 bits per heavy atom. The molecule has 2 aromatic carbocycles. The van der Waals surface area contributed by atoms with E-state index in [1.54, 1.807) is 19.1 Å². The molecule has 0 spiro atoms. The van der Waals surface area contributed by atoms with Crippen LogP contribution in [0, 0.1) is 0 Å². The summed E-state index contributed by atoms with van der Waals surface area (Å²) in [6, 6.07) is 11.4. The maximum Gasteiger partial charge on any atom is 0.324 e. The monoisotopic (exact) mass is 559 g/mol. The molecule has 1 aliphatic carbocycles. The second kappa shape index (κ2) is 13.4. The number of urea groups is 1. The van der Waals surface area contributed by atoms with Gasteiger partial charge in [-0.2, -0.15) is 0 Å². The molecule has 4 rings (SSSR count). The van der Waals surface area contributed by atoms with Gasteiger partial charge in [0, 0.05) is 37.0 Å². The lowest BCUT2D eigenvalue weighted by Gasteiger charge is -2.36. The number of benzene rings is 2. The third-order valence-corrected chi connectivity index (χ3v) is 9.12. The minimum Gasteiger partial charge on any atom is -0.496 e. The molecule has 214 valence electrons. The number of hydrogen-bond donors (Lipinski definition) is 1.